The molecule has 7 aromatic carbocycles. The molecule has 0 aliphatic heterocycles. The van der Waals surface area contributed by atoms with Crippen molar-refractivity contribution in [3.63, 3.8) is 0 Å². The van der Waals surface area contributed by atoms with Crippen LogP contribution in [0.25, 0.3) is 89.5 Å². The molecule has 0 amide bonds. The van der Waals surface area contributed by atoms with Gasteiger partial charge in [0.05, 0.1) is 5.41 Å². The smallest absolute Gasteiger partial charge is 0.163 e. The first kappa shape index (κ1) is 38.3. The standard InChI is InChI=1S/C63H45N3O/c1-38-14-11-27-56-57(38)51-24-13-23-47(59(51)67-56)40-28-30-42(31-29-40)61-64-60(41-16-3-2-4-17-41)65-62(66-61)45-19-12-18-43(36-45)44-32-34-49-48-21-7-9-25-52(48)63(55(49)37-44)53-26-10-8-22-50(53)58-46-20-6-5-15-39(46)33-35-54(58)63/h2-7,9-13,15-16,18-21,23-38,41H,8,14,17,22H2,1H3. The number of hydrogen-bond donors (Lipinski definition) is 0. The molecule has 2 heterocycles. The molecule has 0 saturated heterocycles. The molecule has 14 rings (SSSR count). The van der Waals surface area contributed by atoms with Crippen LogP contribution in [0.15, 0.2) is 198 Å². The van der Waals surface area contributed by atoms with Crippen LogP contribution in [-0.4, -0.2) is 15.0 Å². The van der Waals surface area contributed by atoms with Gasteiger partial charge >= 0.3 is 0 Å². The van der Waals surface area contributed by atoms with Gasteiger partial charge in [0.1, 0.15) is 17.2 Å². The molecule has 3 atom stereocenters. The summed E-state index contributed by atoms with van der Waals surface area (Å²) < 4.78 is 6.52. The van der Waals surface area contributed by atoms with Crippen LogP contribution in [0.3, 0.4) is 0 Å². The number of hydrogen-bond acceptors (Lipinski definition) is 4. The Kier molecular flexibility index (Phi) is 8.46. The van der Waals surface area contributed by atoms with Crippen LogP contribution < -0.4 is 0 Å². The third kappa shape index (κ3) is 5.69. The molecule has 5 aliphatic rings. The zero-order valence-corrected chi connectivity index (χ0v) is 37.2. The van der Waals surface area contributed by atoms with E-state index in [0.717, 1.165) is 70.7 Å². The van der Waals surface area contributed by atoms with Gasteiger partial charge in [0.15, 0.2) is 11.6 Å². The highest BCUT2D eigenvalue weighted by Crippen LogP contribution is 2.64. The molecule has 0 radical (unpaired) electrons. The van der Waals surface area contributed by atoms with Crippen molar-refractivity contribution in [1.82, 2.24) is 15.0 Å². The van der Waals surface area contributed by atoms with Gasteiger partial charge in [0.25, 0.3) is 0 Å². The fraction of sp³-hybridized carbons (Fsp3) is 0.127. The molecule has 0 bridgehead atoms. The molecule has 67 heavy (non-hydrogen) atoms. The van der Waals surface area contributed by atoms with Gasteiger partial charge in [-0.2, -0.15) is 0 Å². The molecule has 318 valence electrons. The lowest BCUT2D eigenvalue weighted by atomic mass is 9.68. The number of aromatic nitrogens is 3. The molecule has 1 spiro atoms. The number of rotatable bonds is 5. The Labute approximate surface area is 390 Å². The number of allylic oxidation sites excluding steroid dienone is 9. The van der Waals surface area contributed by atoms with E-state index in [1.165, 1.54) is 71.8 Å². The van der Waals surface area contributed by atoms with Gasteiger partial charge in [0.2, 0.25) is 0 Å². The Morgan fingerprint density at radius 2 is 1.31 bits per heavy atom. The second-order valence-corrected chi connectivity index (χ2v) is 18.9. The molecule has 5 aliphatic carbocycles. The van der Waals surface area contributed by atoms with Gasteiger partial charge < -0.3 is 4.42 Å². The fourth-order valence-electron chi connectivity index (χ4n) is 12.1. The predicted octanol–water partition coefficient (Wildman–Crippen LogP) is 16.0. The molecule has 0 N–H and O–H groups in total. The van der Waals surface area contributed by atoms with Crippen LogP contribution in [0.1, 0.15) is 83.8 Å². The van der Waals surface area contributed by atoms with Gasteiger partial charge in [-0.3, -0.25) is 0 Å². The lowest BCUT2D eigenvalue weighted by molar-refractivity contribution is 0.587. The number of nitrogens with zero attached hydrogens (tertiary/aromatic N) is 3. The van der Waals surface area contributed by atoms with E-state index in [4.69, 9.17) is 19.4 Å². The third-order valence-corrected chi connectivity index (χ3v) is 15.2. The van der Waals surface area contributed by atoms with E-state index >= 15 is 0 Å². The number of para-hydroxylation sites is 1. The van der Waals surface area contributed by atoms with E-state index < -0.39 is 5.41 Å². The second kappa shape index (κ2) is 14.8. The van der Waals surface area contributed by atoms with Crippen LogP contribution in [0.2, 0.25) is 0 Å². The Hall–Kier alpha value is -7.95. The molecule has 2 aromatic heterocycles. The van der Waals surface area contributed by atoms with E-state index in [-0.39, 0.29) is 5.92 Å². The molecular formula is C63H45N3O. The summed E-state index contributed by atoms with van der Waals surface area (Å²) in [7, 11) is 0. The van der Waals surface area contributed by atoms with Gasteiger partial charge in [-0.1, -0.05) is 183 Å². The van der Waals surface area contributed by atoms with Crippen molar-refractivity contribution >= 4 is 33.4 Å². The van der Waals surface area contributed by atoms with Crippen LogP contribution in [-0.2, 0) is 5.41 Å². The van der Waals surface area contributed by atoms with Crippen molar-refractivity contribution in [2.75, 3.05) is 0 Å². The van der Waals surface area contributed by atoms with Crippen LogP contribution in [0, 0.1) is 0 Å². The molecule has 3 unspecified atom stereocenters. The minimum atomic E-state index is -0.402. The summed E-state index contributed by atoms with van der Waals surface area (Å²) in [6.07, 6.45) is 21.7. The molecule has 4 nitrogen and oxygen atoms in total. The Morgan fingerprint density at radius 1 is 0.552 bits per heavy atom. The maximum atomic E-state index is 6.52. The zero-order chi connectivity index (χ0) is 44.2. The molecule has 0 saturated carbocycles. The monoisotopic (exact) mass is 859 g/mol. The maximum absolute atomic E-state index is 6.52. The van der Waals surface area contributed by atoms with Crippen molar-refractivity contribution in [3.05, 3.63) is 233 Å². The molecular weight excluding hydrogens is 815 g/mol. The third-order valence-electron chi connectivity index (χ3n) is 15.2. The number of fused-ring (bicyclic) bond motifs is 14. The van der Waals surface area contributed by atoms with Crippen molar-refractivity contribution in [2.45, 2.75) is 49.9 Å². The minimum absolute atomic E-state index is 0.0564. The summed E-state index contributed by atoms with van der Waals surface area (Å²) in [4.78, 5) is 15.6. The van der Waals surface area contributed by atoms with E-state index in [1.807, 2.05) is 0 Å². The number of furan rings is 1. The van der Waals surface area contributed by atoms with Crippen molar-refractivity contribution in [1.29, 1.82) is 0 Å². The molecule has 9 aromatic rings. The topological polar surface area (TPSA) is 51.8 Å². The van der Waals surface area contributed by atoms with Crippen LogP contribution in [0.4, 0.5) is 0 Å². The van der Waals surface area contributed by atoms with Crippen molar-refractivity contribution in [2.24, 2.45) is 0 Å². The van der Waals surface area contributed by atoms with Gasteiger partial charge in [-0.05, 0) is 122 Å². The largest absolute Gasteiger partial charge is 0.456 e. The molecule has 4 heteroatoms. The minimum Gasteiger partial charge on any atom is -0.456 e. The maximum Gasteiger partial charge on any atom is 0.163 e. The number of benzene rings is 7. The SMILES string of the molecule is CC1CC=Cc2oc3c(-c4ccc(-c5nc(-c6cccc(-c7ccc8c(c7)C7(C9=C(CCC=C9)c9c7ccc7ccccc97)c7ccccc7-8)c6)nc(C6C=CC=CC6)n5)cc4)cccc3c21. The highest BCUT2D eigenvalue weighted by molar-refractivity contribution is 6.05. The molecule has 0 fully saturated rings. The average molecular weight is 860 g/mol. The fourth-order valence-corrected chi connectivity index (χ4v) is 12.1. The Balaban J connectivity index is 0.878. The van der Waals surface area contributed by atoms with Crippen molar-refractivity contribution in [3.8, 4) is 56.2 Å². The van der Waals surface area contributed by atoms with E-state index in [9.17, 15) is 0 Å². The summed E-state index contributed by atoms with van der Waals surface area (Å²) in [6.45, 7) is 2.28. The summed E-state index contributed by atoms with van der Waals surface area (Å²) in [5.74, 6) is 3.58. The zero-order valence-electron chi connectivity index (χ0n) is 37.2. The van der Waals surface area contributed by atoms with Crippen LogP contribution in [0.5, 0.6) is 0 Å². The Morgan fingerprint density at radius 3 is 2.22 bits per heavy atom. The summed E-state index contributed by atoms with van der Waals surface area (Å²) in [6, 6.07) is 53.8. The highest BCUT2D eigenvalue weighted by Gasteiger charge is 2.53. The first-order valence-electron chi connectivity index (χ1n) is 23.8. The van der Waals surface area contributed by atoms with Crippen molar-refractivity contribution < 1.29 is 4.42 Å². The highest BCUT2D eigenvalue weighted by atomic mass is 16.3. The first-order valence-corrected chi connectivity index (χ1v) is 23.8. The van der Waals surface area contributed by atoms with Gasteiger partial charge in [-0.15, -0.1) is 0 Å². The summed E-state index contributed by atoms with van der Waals surface area (Å²) >= 11 is 0. The first-order chi connectivity index (χ1) is 33.1. The lowest BCUT2D eigenvalue weighted by Gasteiger charge is -2.32. The van der Waals surface area contributed by atoms with Gasteiger partial charge in [-0.25, -0.2) is 15.0 Å². The van der Waals surface area contributed by atoms with E-state index in [0.29, 0.717) is 17.6 Å². The average Bonchev–Trinajstić information content (AvgIpc) is 4.04. The summed E-state index contributed by atoms with van der Waals surface area (Å²) in [5, 5.41) is 3.84. The van der Waals surface area contributed by atoms with Crippen LogP contribution >= 0.6 is 0 Å². The quantitative estimate of drug-likeness (QED) is 0.173. The Bertz CT molecular complexity index is 3730. The second-order valence-electron chi connectivity index (χ2n) is 18.9. The normalized spacial score (nSPS) is 19.5. The van der Waals surface area contributed by atoms with Gasteiger partial charge in [0, 0.05) is 33.6 Å². The lowest BCUT2D eigenvalue weighted by Crippen LogP contribution is -2.27. The van der Waals surface area contributed by atoms with E-state index in [1.54, 1.807) is 0 Å². The van der Waals surface area contributed by atoms with E-state index in [2.05, 4.69) is 201 Å². The summed E-state index contributed by atoms with van der Waals surface area (Å²) in [5.41, 5.74) is 19.3. The predicted molar refractivity (Wildman–Crippen MR) is 274 cm³/mol.